The number of pyridine rings is 1. The molecule has 0 aliphatic carbocycles. The Balaban J connectivity index is 1.52. The summed E-state index contributed by atoms with van der Waals surface area (Å²) in [6.45, 7) is 5.99. The summed E-state index contributed by atoms with van der Waals surface area (Å²) in [7, 11) is 0. The molecule has 1 unspecified atom stereocenters. The van der Waals surface area contributed by atoms with Crippen LogP contribution in [-0.4, -0.2) is 47.9 Å². The lowest BCUT2D eigenvalue weighted by Gasteiger charge is -2.32. The van der Waals surface area contributed by atoms with Crippen molar-refractivity contribution < 1.29 is 9.59 Å². The molecule has 26 heavy (non-hydrogen) atoms. The van der Waals surface area contributed by atoms with Gasteiger partial charge in [0.2, 0.25) is 11.8 Å². The van der Waals surface area contributed by atoms with Gasteiger partial charge in [-0.1, -0.05) is 6.92 Å². The number of anilines is 1. The summed E-state index contributed by atoms with van der Waals surface area (Å²) in [6.07, 6.45) is 7.45. The average molecular weight is 358 g/mol. The molecular weight excluding hydrogens is 328 g/mol. The van der Waals surface area contributed by atoms with E-state index in [1.54, 1.807) is 0 Å². The maximum atomic E-state index is 12.6. The highest BCUT2D eigenvalue weighted by Gasteiger charge is 2.27. The quantitative estimate of drug-likeness (QED) is 0.848. The van der Waals surface area contributed by atoms with Crippen LogP contribution in [-0.2, 0) is 16.1 Å². The zero-order chi connectivity index (χ0) is 18.4. The van der Waals surface area contributed by atoms with E-state index in [1.807, 2.05) is 24.1 Å². The fourth-order valence-corrected chi connectivity index (χ4v) is 3.81. The summed E-state index contributed by atoms with van der Waals surface area (Å²) in [6, 6.07) is 4.03. The van der Waals surface area contributed by atoms with Crippen molar-refractivity contribution in [3.05, 3.63) is 23.9 Å². The number of amides is 2. The monoisotopic (exact) mass is 358 g/mol. The number of carbonyl (C=O) groups excluding carboxylic acids is 2. The third-order valence-corrected chi connectivity index (χ3v) is 5.32. The minimum absolute atomic E-state index is 0.0542. The molecule has 2 fully saturated rings. The molecule has 6 heteroatoms. The van der Waals surface area contributed by atoms with Gasteiger partial charge in [0, 0.05) is 45.3 Å². The van der Waals surface area contributed by atoms with Crippen molar-refractivity contribution in [1.82, 2.24) is 15.2 Å². The molecule has 0 spiro atoms. The maximum Gasteiger partial charge on any atom is 0.225 e. The molecule has 0 saturated carbocycles. The molecule has 0 radical (unpaired) electrons. The van der Waals surface area contributed by atoms with Crippen molar-refractivity contribution in [3.8, 4) is 0 Å². The maximum absolute atomic E-state index is 12.6. The molecule has 1 atom stereocenters. The molecule has 1 N–H and O–H groups in total. The standard InChI is InChI=1S/C20H30N4O2/c1-2-6-19(25)24-12-5-7-17(15-24)20(26)22-14-16-8-9-21-18(13-16)23-10-3-4-11-23/h8-9,13,17H,2-7,10-12,14-15H2,1H3,(H,22,26). The molecule has 2 aliphatic rings. The summed E-state index contributed by atoms with van der Waals surface area (Å²) >= 11 is 0. The van der Waals surface area contributed by atoms with Crippen molar-refractivity contribution >= 4 is 17.6 Å². The van der Waals surface area contributed by atoms with Gasteiger partial charge in [-0.25, -0.2) is 4.98 Å². The highest BCUT2D eigenvalue weighted by Crippen LogP contribution is 2.20. The number of rotatable bonds is 6. The zero-order valence-electron chi connectivity index (χ0n) is 15.7. The first-order valence-corrected chi connectivity index (χ1v) is 9.92. The second-order valence-electron chi connectivity index (χ2n) is 7.36. The molecule has 0 aromatic carbocycles. The number of piperidine rings is 1. The third kappa shape index (κ3) is 4.74. The van der Waals surface area contributed by atoms with Gasteiger partial charge in [-0.3, -0.25) is 9.59 Å². The first-order valence-electron chi connectivity index (χ1n) is 9.92. The van der Waals surface area contributed by atoms with E-state index in [-0.39, 0.29) is 17.7 Å². The predicted molar refractivity (Wildman–Crippen MR) is 102 cm³/mol. The first-order chi connectivity index (χ1) is 12.7. The molecule has 142 valence electrons. The first kappa shape index (κ1) is 18.7. The van der Waals surface area contributed by atoms with Crippen LogP contribution in [0.25, 0.3) is 0 Å². The van der Waals surface area contributed by atoms with E-state index in [9.17, 15) is 9.59 Å². The van der Waals surface area contributed by atoms with E-state index in [0.29, 0.717) is 19.5 Å². The molecule has 1 aromatic rings. The Morgan fingerprint density at radius 3 is 2.81 bits per heavy atom. The predicted octanol–water partition coefficient (Wildman–Crippen LogP) is 2.34. The lowest BCUT2D eigenvalue weighted by molar-refractivity contribution is -0.135. The largest absolute Gasteiger partial charge is 0.357 e. The Kier molecular flexibility index (Phi) is 6.47. The molecule has 1 aromatic heterocycles. The second kappa shape index (κ2) is 9.01. The molecule has 2 aliphatic heterocycles. The van der Waals surface area contributed by atoms with Gasteiger partial charge in [0.05, 0.1) is 5.92 Å². The van der Waals surface area contributed by atoms with E-state index in [2.05, 4.69) is 21.3 Å². The van der Waals surface area contributed by atoms with Gasteiger partial charge in [0.25, 0.3) is 0 Å². The number of hydrogen-bond acceptors (Lipinski definition) is 4. The van der Waals surface area contributed by atoms with Crippen molar-refractivity contribution in [2.24, 2.45) is 5.92 Å². The van der Waals surface area contributed by atoms with Crippen LogP contribution in [0.2, 0.25) is 0 Å². The van der Waals surface area contributed by atoms with Crippen molar-refractivity contribution in [3.63, 3.8) is 0 Å². The number of hydrogen-bond donors (Lipinski definition) is 1. The molecule has 6 nitrogen and oxygen atoms in total. The molecule has 2 saturated heterocycles. The average Bonchev–Trinajstić information content (AvgIpc) is 3.21. The van der Waals surface area contributed by atoms with Crippen LogP contribution >= 0.6 is 0 Å². The highest BCUT2D eigenvalue weighted by atomic mass is 16.2. The number of aromatic nitrogens is 1. The lowest BCUT2D eigenvalue weighted by Crippen LogP contribution is -2.45. The van der Waals surface area contributed by atoms with Gasteiger partial charge in [-0.2, -0.15) is 0 Å². The van der Waals surface area contributed by atoms with Gasteiger partial charge >= 0.3 is 0 Å². The lowest BCUT2D eigenvalue weighted by atomic mass is 9.96. The number of nitrogens with zero attached hydrogens (tertiary/aromatic N) is 3. The molecule has 3 heterocycles. The Bertz CT molecular complexity index is 628. The fraction of sp³-hybridized carbons (Fsp3) is 0.650. The van der Waals surface area contributed by atoms with Gasteiger partial charge < -0.3 is 15.1 Å². The Labute approximate surface area is 156 Å². The van der Waals surface area contributed by atoms with Crippen LogP contribution in [0, 0.1) is 5.92 Å². The van der Waals surface area contributed by atoms with Crippen molar-refractivity contribution in [1.29, 1.82) is 0 Å². The summed E-state index contributed by atoms with van der Waals surface area (Å²) < 4.78 is 0. The second-order valence-corrected chi connectivity index (χ2v) is 7.36. The molecule has 2 amide bonds. The van der Waals surface area contributed by atoms with E-state index >= 15 is 0 Å². The Morgan fingerprint density at radius 2 is 2.04 bits per heavy atom. The highest BCUT2D eigenvalue weighted by molar-refractivity contribution is 5.81. The number of nitrogens with one attached hydrogen (secondary N) is 1. The van der Waals surface area contributed by atoms with Crippen LogP contribution in [0.4, 0.5) is 5.82 Å². The van der Waals surface area contributed by atoms with Crippen LogP contribution in [0.15, 0.2) is 18.3 Å². The van der Waals surface area contributed by atoms with Gasteiger partial charge in [0.15, 0.2) is 0 Å². The molecular formula is C20H30N4O2. The Morgan fingerprint density at radius 1 is 1.23 bits per heavy atom. The van der Waals surface area contributed by atoms with Crippen molar-refractivity contribution in [2.75, 3.05) is 31.1 Å². The van der Waals surface area contributed by atoms with Gasteiger partial charge in [-0.05, 0) is 49.8 Å². The number of carbonyl (C=O) groups is 2. The minimum Gasteiger partial charge on any atom is -0.357 e. The van der Waals surface area contributed by atoms with E-state index in [0.717, 1.165) is 50.3 Å². The van der Waals surface area contributed by atoms with E-state index < -0.39 is 0 Å². The summed E-state index contributed by atoms with van der Waals surface area (Å²) in [5.41, 5.74) is 1.07. The van der Waals surface area contributed by atoms with E-state index in [1.165, 1.54) is 12.8 Å². The SMILES string of the molecule is CCCC(=O)N1CCCC(C(=O)NCc2ccnc(N3CCCC3)c2)C1. The molecule has 3 rings (SSSR count). The van der Waals surface area contributed by atoms with Gasteiger partial charge in [0.1, 0.15) is 5.82 Å². The van der Waals surface area contributed by atoms with E-state index in [4.69, 9.17) is 0 Å². The third-order valence-electron chi connectivity index (χ3n) is 5.32. The minimum atomic E-state index is -0.0931. The van der Waals surface area contributed by atoms with Crippen LogP contribution < -0.4 is 10.2 Å². The summed E-state index contributed by atoms with van der Waals surface area (Å²) in [4.78, 5) is 33.3. The smallest absolute Gasteiger partial charge is 0.225 e. The Hall–Kier alpha value is -2.11. The van der Waals surface area contributed by atoms with Crippen LogP contribution in [0.1, 0.15) is 51.0 Å². The normalized spacial score (nSPS) is 20.3. The van der Waals surface area contributed by atoms with Crippen LogP contribution in [0.5, 0.6) is 0 Å². The van der Waals surface area contributed by atoms with Gasteiger partial charge in [-0.15, -0.1) is 0 Å². The zero-order valence-corrected chi connectivity index (χ0v) is 15.7. The fourth-order valence-electron chi connectivity index (χ4n) is 3.81. The molecule has 0 bridgehead atoms. The number of likely N-dealkylation sites (tertiary alicyclic amines) is 1. The van der Waals surface area contributed by atoms with Crippen LogP contribution in [0.3, 0.4) is 0 Å². The van der Waals surface area contributed by atoms with Crippen molar-refractivity contribution in [2.45, 2.75) is 52.0 Å². The summed E-state index contributed by atoms with van der Waals surface area (Å²) in [5, 5.41) is 3.05. The summed E-state index contributed by atoms with van der Waals surface area (Å²) in [5.74, 6) is 1.14. The topological polar surface area (TPSA) is 65.5 Å².